The molecule has 96 valence electrons. The summed E-state index contributed by atoms with van der Waals surface area (Å²) in [6.07, 6.45) is 2.56. The van der Waals surface area contributed by atoms with Gasteiger partial charge in [-0.25, -0.2) is 0 Å². The van der Waals surface area contributed by atoms with Crippen LogP contribution < -0.4 is 11.1 Å². The molecule has 0 aliphatic carbocycles. The first-order valence-electron chi connectivity index (χ1n) is 5.33. The van der Waals surface area contributed by atoms with Crippen LogP contribution in [-0.4, -0.2) is 24.0 Å². The molecular formula is C12H14ClN3OS. The fraction of sp³-hybridized carbons (Fsp3) is 0.333. The molecule has 4 nitrogen and oxygen atoms in total. The molecule has 1 rings (SSSR count). The lowest BCUT2D eigenvalue weighted by Crippen LogP contribution is -2.36. The molecule has 0 radical (unpaired) electrons. The van der Waals surface area contributed by atoms with E-state index < -0.39 is 6.04 Å². The van der Waals surface area contributed by atoms with E-state index in [1.807, 2.05) is 12.3 Å². The summed E-state index contributed by atoms with van der Waals surface area (Å²) in [6.45, 7) is 0. The Balaban J connectivity index is 2.72. The van der Waals surface area contributed by atoms with Crippen molar-refractivity contribution in [2.24, 2.45) is 5.73 Å². The first kappa shape index (κ1) is 14.8. The van der Waals surface area contributed by atoms with E-state index in [0.717, 1.165) is 5.75 Å². The second-order valence-electron chi connectivity index (χ2n) is 3.68. The Morgan fingerprint density at radius 2 is 2.39 bits per heavy atom. The van der Waals surface area contributed by atoms with Crippen LogP contribution in [0.5, 0.6) is 0 Å². The van der Waals surface area contributed by atoms with Gasteiger partial charge >= 0.3 is 0 Å². The second-order valence-corrected chi connectivity index (χ2v) is 5.08. The van der Waals surface area contributed by atoms with E-state index in [9.17, 15) is 4.79 Å². The zero-order valence-electron chi connectivity index (χ0n) is 9.94. The molecule has 0 aromatic heterocycles. The van der Waals surface area contributed by atoms with Crippen molar-refractivity contribution in [2.45, 2.75) is 12.5 Å². The monoisotopic (exact) mass is 283 g/mol. The topological polar surface area (TPSA) is 78.9 Å². The first-order valence-corrected chi connectivity index (χ1v) is 7.10. The van der Waals surface area contributed by atoms with Gasteiger partial charge in [0.1, 0.15) is 0 Å². The summed E-state index contributed by atoms with van der Waals surface area (Å²) in [5.74, 6) is 0.529. The third-order valence-electron chi connectivity index (χ3n) is 2.32. The summed E-state index contributed by atoms with van der Waals surface area (Å²) in [4.78, 5) is 11.8. The molecule has 1 amide bonds. The summed E-state index contributed by atoms with van der Waals surface area (Å²) >= 11 is 7.57. The molecular weight excluding hydrogens is 270 g/mol. The van der Waals surface area contributed by atoms with E-state index in [1.54, 1.807) is 23.9 Å². The number of hydrogen-bond donors (Lipinski definition) is 2. The van der Waals surface area contributed by atoms with Gasteiger partial charge in [-0.1, -0.05) is 11.6 Å². The molecule has 1 aromatic carbocycles. The van der Waals surface area contributed by atoms with Crippen molar-refractivity contribution in [3.05, 3.63) is 28.8 Å². The minimum Gasteiger partial charge on any atom is -0.323 e. The van der Waals surface area contributed by atoms with Crippen LogP contribution in [0.1, 0.15) is 12.0 Å². The van der Waals surface area contributed by atoms with Gasteiger partial charge in [0, 0.05) is 0 Å². The Kier molecular flexibility index (Phi) is 5.99. The number of nitrogens with two attached hydrogens (primary N) is 1. The predicted octanol–water partition coefficient (Wildman–Crippen LogP) is 2.23. The van der Waals surface area contributed by atoms with Crippen molar-refractivity contribution >= 4 is 35.0 Å². The molecule has 0 fully saturated rings. The number of amides is 1. The predicted molar refractivity (Wildman–Crippen MR) is 75.8 cm³/mol. The smallest absolute Gasteiger partial charge is 0.241 e. The third-order valence-corrected chi connectivity index (χ3v) is 3.30. The van der Waals surface area contributed by atoms with Gasteiger partial charge in [0.05, 0.1) is 28.4 Å². The second kappa shape index (κ2) is 7.27. The lowest BCUT2D eigenvalue weighted by atomic mass is 10.2. The Labute approximate surface area is 115 Å². The highest BCUT2D eigenvalue weighted by Gasteiger charge is 2.14. The summed E-state index contributed by atoms with van der Waals surface area (Å²) in [5, 5.41) is 11.8. The van der Waals surface area contributed by atoms with Crippen molar-refractivity contribution in [1.29, 1.82) is 5.26 Å². The molecule has 0 saturated heterocycles. The number of thioether (sulfide) groups is 1. The van der Waals surface area contributed by atoms with E-state index in [1.165, 1.54) is 6.07 Å². The number of hydrogen-bond acceptors (Lipinski definition) is 4. The third kappa shape index (κ3) is 4.22. The number of nitrogens with one attached hydrogen (secondary N) is 1. The normalized spacial score (nSPS) is 11.7. The van der Waals surface area contributed by atoms with Gasteiger partial charge < -0.3 is 11.1 Å². The zero-order valence-corrected chi connectivity index (χ0v) is 11.5. The molecule has 1 atom stereocenters. The maximum atomic E-state index is 11.8. The molecule has 0 spiro atoms. The van der Waals surface area contributed by atoms with Gasteiger partial charge in [-0.3, -0.25) is 4.79 Å². The van der Waals surface area contributed by atoms with Crippen LogP contribution in [0.4, 0.5) is 5.69 Å². The number of nitrogens with zero attached hydrogens (tertiary/aromatic N) is 1. The summed E-state index contributed by atoms with van der Waals surface area (Å²) in [5.41, 5.74) is 6.59. The highest BCUT2D eigenvalue weighted by atomic mass is 35.5. The van der Waals surface area contributed by atoms with Crippen LogP contribution >= 0.6 is 23.4 Å². The molecule has 0 aliphatic rings. The van der Waals surface area contributed by atoms with E-state index in [2.05, 4.69) is 5.32 Å². The van der Waals surface area contributed by atoms with E-state index in [4.69, 9.17) is 22.6 Å². The van der Waals surface area contributed by atoms with Crippen LogP contribution in [-0.2, 0) is 4.79 Å². The summed E-state index contributed by atoms with van der Waals surface area (Å²) < 4.78 is 0. The largest absolute Gasteiger partial charge is 0.323 e. The van der Waals surface area contributed by atoms with Crippen molar-refractivity contribution < 1.29 is 4.79 Å². The molecule has 0 bridgehead atoms. The van der Waals surface area contributed by atoms with Crippen molar-refractivity contribution in [3.63, 3.8) is 0 Å². The van der Waals surface area contributed by atoms with Crippen LogP contribution in [0.3, 0.4) is 0 Å². The molecule has 3 N–H and O–H groups in total. The van der Waals surface area contributed by atoms with Crippen LogP contribution in [0.25, 0.3) is 0 Å². The fourth-order valence-corrected chi connectivity index (χ4v) is 1.95. The van der Waals surface area contributed by atoms with E-state index in [0.29, 0.717) is 22.7 Å². The maximum Gasteiger partial charge on any atom is 0.241 e. The number of carbonyl (C=O) groups is 1. The minimum absolute atomic E-state index is 0.291. The van der Waals surface area contributed by atoms with Crippen LogP contribution in [0, 0.1) is 11.3 Å². The molecule has 0 unspecified atom stereocenters. The van der Waals surface area contributed by atoms with Gasteiger partial charge in [-0.05, 0) is 36.6 Å². The van der Waals surface area contributed by atoms with Gasteiger partial charge in [0.15, 0.2) is 0 Å². The Hall–Kier alpha value is -1.22. The quantitative estimate of drug-likeness (QED) is 0.868. The SMILES string of the molecule is CSCC[C@@H](N)C(=O)Nc1cc(C#N)ccc1Cl. The average molecular weight is 284 g/mol. The Morgan fingerprint density at radius 1 is 1.67 bits per heavy atom. The first-order chi connectivity index (χ1) is 8.58. The van der Waals surface area contributed by atoms with Crippen molar-refractivity contribution in [1.82, 2.24) is 0 Å². The molecule has 0 saturated carbocycles. The Bertz CT molecular complexity index is 473. The number of carbonyl (C=O) groups excluding carboxylic acids is 1. The lowest BCUT2D eigenvalue weighted by Gasteiger charge is -2.12. The van der Waals surface area contributed by atoms with E-state index in [-0.39, 0.29) is 5.91 Å². The Morgan fingerprint density at radius 3 is 3.00 bits per heavy atom. The minimum atomic E-state index is -0.570. The number of benzene rings is 1. The highest BCUT2D eigenvalue weighted by Crippen LogP contribution is 2.23. The molecule has 6 heteroatoms. The summed E-state index contributed by atoms with van der Waals surface area (Å²) in [7, 11) is 0. The van der Waals surface area contributed by atoms with Crippen molar-refractivity contribution in [2.75, 3.05) is 17.3 Å². The summed E-state index contributed by atoms with van der Waals surface area (Å²) in [6, 6.07) is 6.11. The standard InChI is InChI=1S/C12H14ClN3OS/c1-18-5-4-10(15)12(17)16-11-6-8(7-14)2-3-9(11)13/h2-3,6,10H,4-5,15H2,1H3,(H,16,17)/t10-/m1/s1. The fourth-order valence-electron chi connectivity index (χ4n) is 1.29. The van der Waals surface area contributed by atoms with Gasteiger partial charge in [-0.2, -0.15) is 17.0 Å². The van der Waals surface area contributed by atoms with Crippen LogP contribution in [0.15, 0.2) is 18.2 Å². The molecule has 18 heavy (non-hydrogen) atoms. The van der Waals surface area contributed by atoms with Crippen molar-refractivity contribution in [3.8, 4) is 6.07 Å². The molecule has 0 heterocycles. The number of rotatable bonds is 5. The van der Waals surface area contributed by atoms with Gasteiger partial charge in [0.25, 0.3) is 0 Å². The number of anilines is 1. The zero-order chi connectivity index (χ0) is 13.5. The lowest BCUT2D eigenvalue weighted by molar-refractivity contribution is -0.117. The van der Waals surface area contributed by atoms with Gasteiger partial charge in [0.2, 0.25) is 5.91 Å². The molecule has 0 aliphatic heterocycles. The van der Waals surface area contributed by atoms with Gasteiger partial charge in [-0.15, -0.1) is 0 Å². The highest BCUT2D eigenvalue weighted by molar-refractivity contribution is 7.98. The number of nitriles is 1. The number of halogens is 1. The van der Waals surface area contributed by atoms with E-state index >= 15 is 0 Å². The average Bonchev–Trinajstić information content (AvgIpc) is 2.38. The van der Waals surface area contributed by atoms with Crippen LogP contribution in [0.2, 0.25) is 5.02 Å². The maximum absolute atomic E-state index is 11.8. The molecule has 1 aromatic rings.